The van der Waals surface area contributed by atoms with E-state index in [2.05, 4.69) is 10.2 Å². The second-order valence-corrected chi connectivity index (χ2v) is 6.62. The number of piperidine rings is 1. The van der Waals surface area contributed by atoms with Crippen LogP contribution < -0.4 is 5.32 Å². The van der Waals surface area contributed by atoms with Gasteiger partial charge in [-0.1, -0.05) is 30.3 Å². The molecule has 2 fully saturated rings. The van der Waals surface area contributed by atoms with Crippen LogP contribution in [0, 0.1) is 0 Å². The highest BCUT2D eigenvalue weighted by Gasteiger charge is 2.32. The number of nitrogens with one attached hydrogen (secondary N) is 1. The van der Waals surface area contributed by atoms with Gasteiger partial charge < -0.3 is 20.2 Å². The predicted molar refractivity (Wildman–Crippen MR) is 90.1 cm³/mol. The molecule has 1 heterocycles. The number of carbonyl (C=O) groups excluding carboxylic acids is 1. The van der Waals surface area contributed by atoms with Gasteiger partial charge in [0.2, 0.25) is 0 Å². The third-order valence-electron chi connectivity index (χ3n) is 4.79. The summed E-state index contributed by atoms with van der Waals surface area (Å²) in [5.74, 6) is 0. The molecule has 126 valence electrons. The highest BCUT2D eigenvalue weighted by molar-refractivity contribution is 5.74. The van der Waals surface area contributed by atoms with Gasteiger partial charge in [-0.05, 0) is 31.2 Å². The number of hydrogen-bond acceptors (Lipinski definition) is 3. The van der Waals surface area contributed by atoms with Crippen molar-refractivity contribution in [3.8, 4) is 0 Å². The molecule has 0 spiro atoms. The monoisotopic (exact) mass is 317 g/mol. The van der Waals surface area contributed by atoms with E-state index in [0.29, 0.717) is 13.1 Å². The molecule has 1 saturated heterocycles. The zero-order valence-corrected chi connectivity index (χ0v) is 13.7. The van der Waals surface area contributed by atoms with E-state index in [1.54, 1.807) is 4.90 Å². The van der Waals surface area contributed by atoms with Gasteiger partial charge in [0.25, 0.3) is 0 Å². The second kappa shape index (κ2) is 7.79. The van der Waals surface area contributed by atoms with Crippen molar-refractivity contribution in [1.29, 1.82) is 0 Å². The van der Waals surface area contributed by atoms with E-state index >= 15 is 0 Å². The first-order valence-electron chi connectivity index (χ1n) is 8.70. The summed E-state index contributed by atoms with van der Waals surface area (Å²) < 4.78 is 0. The fourth-order valence-electron chi connectivity index (χ4n) is 3.29. The summed E-state index contributed by atoms with van der Waals surface area (Å²) in [6, 6.07) is 10.9. The standard InChI is InChI=1S/C18H27N3O2/c22-13-12-21(14-15-4-2-1-3-5-15)18(23)19-16-8-10-20(11-9-16)17-6-7-17/h1-5,16-17,22H,6-14H2,(H,19,23). The Morgan fingerprint density at radius 2 is 1.87 bits per heavy atom. The summed E-state index contributed by atoms with van der Waals surface area (Å²) in [5.41, 5.74) is 1.08. The van der Waals surface area contributed by atoms with Gasteiger partial charge in [0, 0.05) is 38.3 Å². The molecule has 0 aromatic heterocycles. The van der Waals surface area contributed by atoms with Crippen molar-refractivity contribution in [1.82, 2.24) is 15.1 Å². The zero-order chi connectivity index (χ0) is 16.1. The topological polar surface area (TPSA) is 55.8 Å². The number of amides is 2. The van der Waals surface area contributed by atoms with E-state index in [-0.39, 0.29) is 18.7 Å². The number of aliphatic hydroxyl groups is 1. The van der Waals surface area contributed by atoms with Gasteiger partial charge in [-0.15, -0.1) is 0 Å². The van der Waals surface area contributed by atoms with Crippen molar-refractivity contribution in [3.63, 3.8) is 0 Å². The first kappa shape index (κ1) is 16.3. The van der Waals surface area contributed by atoms with E-state index < -0.39 is 0 Å². The molecule has 1 aliphatic heterocycles. The highest BCUT2D eigenvalue weighted by Crippen LogP contribution is 2.29. The van der Waals surface area contributed by atoms with Crippen LogP contribution in [0.2, 0.25) is 0 Å². The van der Waals surface area contributed by atoms with Crippen molar-refractivity contribution in [2.24, 2.45) is 0 Å². The summed E-state index contributed by atoms with van der Waals surface area (Å²) in [6.07, 6.45) is 4.75. The van der Waals surface area contributed by atoms with Gasteiger partial charge >= 0.3 is 6.03 Å². The molecule has 3 rings (SSSR count). The smallest absolute Gasteiger partial charge is 0.317 e. The number of likely N-dealkylation sites (tertiary alicyclic amines) is 1. The summed E-state index contributed by atoms with van der Waals surface area (Å²) in [7, 11) is 0. The van der Waals surface area contributed by atoms with Crippen LogP contribution in [0.4, 0.5) is 4.79 Å². The van der Waals surface area contributed by atoms with Crippen molar-refractivity contribution >= 4 is 6.03 Å². The molecule has 2 amide bonds. The van der Waals surface area contributed by atoms with Crippen molar-refractivity contribution in [2.45, 2.75) is 44.3 Å². The summed E-state index contributed by atoms with van der Waals surface area (Å²) in [6.45, 7) is 3.07. The molecule has 1 aromatic rings. The van der Waals surface area contributed by atoms with Crippen LogP contribution in [0.5, 0.6) is 0 Å². The lowest BCUT2D eigenvalue weighted by atomic mass is 10.1. The molecule has 0 radical (unpaired) electrons. The summed E-state index contributed by atoms with van der Waals surface area (Å²) >= 11 is 0. The average molecular weight is 317 g/mol. The molecule has 0 bridgehead atoms. The Bertz CT molecular complexity index is 496. The minimum absolute atomic E-state index is 0.0135. The largest absolute Gasteiger partial charge is 0.395 e. The summed E-state index contributed by atoms with van der Waals surface area (Å²) in [4.78, 5) is 16.8. The molecule has 5 heteroatoms. The van der Waals surface area contributed by atoms with Crippen molar-refractivity contribution in [2.75, 3.05) is 26.2 Å². The molecule has 23 heavy (non-hydrogen) atoms. The Labute approximate surface area is 138 Å². The van der Waals surface area contributed by atoms with Gasteiger partial charge in [-0.2, -0.15) is 0 Å². The van der Waals surface area contributed by atoms with Crippen LogP contribution in [0.25, 0.3) is 0 Å². The Morgan fingerprint density at radius 1 is 1.17 bits per heavy atom. The van der Waals surface area contributed by atoms with Crippen LogP contribution >= 0.6 is 0 Å². The van der Waals surface area contributed by atoms with Gasteiger partial charge in [0.15, 0.2) is 0 Å². The van der Waals surface area contributed by atoms with E-state index in [0.717, 1.165) is 37.5 Å². The van der Waals surface area contributed by atoms with E-state index in [1.165, 1.54) is 12.8 Å². The SMILES string of the molecule is O=C(NC1CCN(C2CC2)CC1)N(CCO)Cc1ccccc1. The molecule has 2 N–H and O–H groups in total. The average Bonchev–Trinajstić information content (AvgIpc) is 3.41. The molecule has 2 aliphatic rings. The zero-order valence-electron chi connectivity index (χ0n) is 13.7. The van der Waals surface area contributed by atoms with Gasteiger partial charge in [0.05, 0.1) is 6.61 Å². The third kappa shape index (κ3) is 4.69. The fraction of sp³-hybridized carbons (Fsp3) is 0.611. The first-order valence-corrected chi connectivity index (χ1v) is 8.70. The fourth-order valence-corrected chi connectivity index (χ4v) is 3.29. The van der Waals surface area contributed by atoms with Crippen molar-refractivity contribution in [3.05, 3.63) is 35.9 Å². The molecular formula is C18H27N3O2. The Kier molecular flexibility index (Phi) is 5.51. The molecule has 0 atom stereocenters. The molecule has 1 saturated carbocycles. The predicted octanol–water partition coefficient (Wildman–Crippen LogP) is 1.82. The van der Waals surface area contributed by atoms with Crippen LogP contribution in [-0.4, -0.2) is 59.3 Å². The number of nitrogens with zero attached hydrogens (tertiary/aromatic N) is 2. The normalized spacial score (nSPS) is 19.5. The second-order valence-electron chi connectivity index (χ2n) is 6.62. The van der Waals surface area contributed by atoms with E-state index in [4.69, 9.17) is 0 Å². The van der Waals surface area contributed by atoms with Gasteiger partial charge in [-0.25, -0.2) is 4.79 Å². The van der Waals surface area contributed by atoms with Crippen molar-refractivity contribution < 1.29 is 9.90 Å². The van der Waals surface area contributed by atoms with Gasteiger partial charge in [0.1, 0.15) is 0 Å². The van der Waals surface area contributed by atoms with Crippen LogP contribution in [-0.2, 0) is 6.54 Å². The van der Waals surface area contributed by atoms with Crippen LogP contribution in [0.1, 0.15) is 31.2 Å². The number of rotatable bonds is 6. The third-order valence-corrected chi connectivity index (χ3v) is 4.79. The number of carbonyl (C=O) groups is 1. The molecule has 5 nitrogen and oxygen atoms in total. The Balaban J connectivity index is 1.49. The Hall–Kier alpha value is -1.59. The lowest BCUT2D eigenvalue weighted by Gasteiger charge is -2.33. The minimum Gasteiger partial charge on any atom is -0.395 e. The van der Waals surface area contributed by atoms with E-state index in [9.17, 15) is 9.90 Å². The van der Waals surface area contributed by atoms with Gasteiger partial charge in [-0.3, -0.25) is 0 Å². The minimum atomic E-state index is -0.0622. The Morgan fingerprint density at radius 3 is 2.48 bits per heavy atom. The highest BCUT2D eigenvalue weighted by atomic mass is 16.3. The lowest BCUT2D eigenvalue weighted by Crippen LogP contribution is -2.49. The lowest BCUT2D eigenvalue weighted by molar-refractivity contribution is 0.156. The number of aliphatic hydroxyl groups excluding tert-OH is 1. The van der Waals surface area contributed by atoms with Crippen LogP contribution in [0.15, 0.2) is 30.3 Å². The maximum atomic E-state index is 12.5. The maximum Gasteiger partial charge on any atom is 0.317 e. The molecule has 1 aliphatic carbocycles. The number of urea groups is 1. The number of benzene rings is 1. The van der Waals surface area contributed by atoms with E-state index in [1.807, 2.05) is 30.3 Å². The number of hydrogen-bond donors (Lipinski definition) is 2. The maximum absolute atomic E-state index is 12.5. The first-order chi connectivity index (χ1) is 11.3. The summed E-state index contributed by atoms with van der Waals surface area (Å²) in [5, 5.41) is 12.4. The van der Waals surface area contributed by atoms with Crippen LogP contribution in [0.3, 0.4) is 0 Å². The molecule has 1 aromatic carbocycles. The quantitative estimate of drug-likeness (QED) is 0.841. The molecule has 0 unspecified atom stereocenters. The molecular weight excluding hydrogens is 290 g/mol.